The number of fused-ring (bicyclic) bond motifs is 1. The number of rotatable bonds is 3. The molecule has 0 unspecified atom stereocenters. The predicted molar refractivity (Wildman–Crippen MR) is 92.0 cm³/mol. The lowest BCUT2D eigenvalue weighted by Crippen LogP contribution is -1.91. The molecule has 0 amide bonds. The van der Waals surface area contributed by atoms with E-state index >= 15 is 0 Å². The average Bonchev–Trinajstić information content (AvgIpc) is 2.44. The minimum atomic E-state index is 0. The lowest BCUT2D eigenvalue weighted by atomic mass is 10.2. The van der Waals surface area contributed by atoms with E-state index < -0.39 is 0 Å². The van der Waals surface area contributed by atoms with Gasteiger partial charge in [0.05, 0.1) is 11.0 Å². The number of aromatic hydroxyl groups is 1. The lowest BCUT2D eigenvalue weighted by molar-refractivity contribution is 0.444. The van der Waals surface area contributed by atoms with Gasteiger partial charge in [-0.25, -0.2) is 4.98 Å². The molecule has 3 rings (SSSR count). The summed E-state index contributed by atoms with van der Waals surface area (Å²) in [5.41, 5.74) is 3.63. The highest BCUT2D eigenvalue weighted by Crippen LogP contribution is 2.22. The van der Waals surface area contributed by atoms with Crippen LogP contribution in [0.5, 0.6) is 5.88 Å². The van der Waals surface area contributed by atoms with E-state index in [1.54, 1.807) is 12.4 Å². The summed E-state index contributed by atoms with van der Waals surface area (Å²) in [7, 11) is 0. The van der Waals surface area contributed by atoms with Crippen LogP contribution in [-0.2, 0) is 5.75 Å². The summed E-state index contributed by atoms with van der Waals surface area (Å²) in [6, 6.07) is 7.51. The van der Waals surface area contributed by atoms with Gasteiger partial charge in [0.1, 0.15) is 0 Å². The van der Waals surface area contributed by atoms with E-state index in [1.165, 1.54) is 17.8 Å². The van der Waals surface area contributed by atoms with Crippen LogP contribution >= 0.6 is 36.6 Å². The third kappa shape index (κ3) is 4.43. The van der Waals surface area contributed by atoms with Crippen LogP contribution in [0.4, 0.5) is 0 Å². The van der Waals surface area contributed by atoms with Crippen molar-refractivity contribution in [3.8, 4) is 5.88 Å². The van der Waals surface area contributed by atoms with E-state index in [-0.39, 0.29) is 30.7 Å². The maximum atomic E-state index is 9.45. The Labute approximate surface area is 144 Å². The van der Waals surface area contributed by atoms with Gasteiger partial charge in [-0.3, -0.25) is 9.97 Å². The third-order valence-corrected chi connectivity index (χ3v) is 3.64. The highest BCUT2D eigenvalue weighted by Gasteiger charge is 2.04. The minimum absolute atomic E-state index is 0. The van der Waals surface area contributed by atoms with E-state index in [0.29, 0.717) is 5.16 Å². The number of nitrogens with zero attached hydrogens (tertiary/aromatic N) is 4. The van der Waals surface area contributed by atoms with E-state index in [0.717, 1.165) is 28.0 Å². The average molecular weight is 357 g/mol. The largest absolute Gasteiger partial charge is 0.493 e. The number of hydrogen-bond donors (Lipinski definition) is 1. The summed E-state index contributed by atoms with van der Waals surface area (Å²) in [5, 5.41) is 10.0. The number of benzene rings is 1. The fourth-order valence-corrected chi connectivity index (χ4v) is 2.68. The summed E-state index contributed by atoms with van der Waals surface area (Å²) in [6.45, 7) is 1.83. The van der Waals surface area contributed by atoms with Crippen LogP contribution in [-0.4, -0.2) is 25.0 Å². The highest BCUT2D eigenvalue weighted by molar-refractivity contribution is 7.98. The summed E-state index contributed by atoms with van der Waals surface area (Å²) >= 11 is 1.48. The molecule has 0 saturated carbocycles. The molecule has 0 bridgehead atoms. The van der Waals surface area contributed by atoms with Gasteiger partial charge in [-0.2, -0.15) is 4.98 Å². The van der Waals surface area contributed by atoms with Crippen molar-refractivity contribution in [2.24, 2.45) is 0 Å². The number of thioether (sulfide) groups is 1. The SMILES string of the molecule is Cc1cc(O)nc(SCc2ccc3nccnc3c2)n1.Cl.Cl. The Balaban J connectivity index is 0.00000121. The van der Waals surface area contributed by atoms with Crippen LogP contribution in [0.3, 0.4) is 0 Å². The Morgan fingerprint density at radius 3 is 2.45 bits per heavy atom. The summed E-state index contributed by atoms with van der Waals surface area (Å²) < 4.78 is 0. The zero-order valence-electron chi connectivity index (χ0n) is 11.6. The molecule has 116 valence electrons. The van der Waals surface area contributed by atoms with Crippen LogP contribution in [0, 0.1) is 6.92 Å². The van der Waals surface area contributed by atoms with Gasteiger partial charge in [-0.05, 0) is 24.6 Å². The Morgan fingerprint density at radius 1 is 1.00 bits per heavy atom. The molecule has 0 fully saturated rings. The first-order valence-corrected chi connectivity index (χ1v) is 7.06. The van der Waals surface area contributed by atoms with Crippen molar-refractivity contribution in [2.75, 3.05) is 0 Å². The molecule has 2 aromatic heterocycles. The molecule has 3 aromatic rings. The maximum Gasteiger partial charge on any atom is 0.215 e. The molecule has 22 heavy (non-hydrogen) atoms. The van der Waals surface area contributed by atoms with Crippen LogP contribution in [0.1, 0.15) is 11.3 Å². The molecule has 0 aliphatic rings. The predicted octanol–water partition coefficient (Wildman–Crippen LogP) is 3.57. The molecule has 0 saturated heterocycles. The Bertz CT molecular complexity index is 752. The molecule has 0 radical (unpaired) electrons. The zero-order valence-corrected chi connectivity index (χ0v) is 14.1. The highest BCUT2D eigenvalue weighted by atomic mass is 35.5. The Kier molecular flexibility index (Phi) is 6.80. The molecule has 2 heterocycles. The van der Waals surface area contributed by atoms with Crippen molar-refractivity contribution in [3.63, 3.8) is 0 Å². The summed E-state index contributed by atoms with van der Waals surface area (Å²) in [6.07, 6.45) is 3.36. The van der Waals surface area contributed by atoms with Gasteiger partial charge in [0, 0.05) is 29.9 Å². The number of halogens is 2. The van der Waals surface area contributed by atoms with Gasteiger partial charge >= 0.3 is 0 Å². The second-order valence-corrected chi connectivity index (χ2v) is 5.26. The fourth-order valence-electron chi connectivity index (χ4n) is 1.84. The van der Waals surface area contributed by atoms with Crippen molar-refractivity contribution < 1.29 is 5.11 Å². The lowest BCUT2D eigenvalue weighted by Gasteiger charge is -2.03. The first-order chi connectivity index (χ1) is 9.70. The van der Waals surface area contributed by atoms with Crippen LogP contribution in [0.15, 0.2) is 41.8 Å². The van der Waals surface area contributed by atoms with Gasteiger partial charge in [0.2, 0.25) is 5.88 Å². The van der Waals surface area contributed by atoms with Crippen LogP contribution in [0.25, 0.3) is 11.0 Å². The molecule has 0 aliphatic heterocycles. The van der Waals surface area contributed by atoms with Gasteiger partial charge in [-0.1, -0.05) is 17.8 Å². The second kappa shape index (κ2) is 8.12. The van der Waals surface area contributed by atoms with E-state index in [4.69, 9.17) is 0 Å². The van der Waals surface area contributed by atoms with Crippen molar-refractivity contribution in [1.29, 1.82) is 0 Å². The Morgan fingerprint density at radius 2 is 1.73 bits per heavy atom. The first kappa shape index (κ1) is 18.4. The van der Waals surface area contributed by atoms with Gasteiger partial charge in [0.15, 0.2) is 5.16 Å². The fraction of sp³-hybridized carbons (Fsp3) is 0.143. The number of hydrogen-bond acceptors (Lipinski definition) is 6. The summed E-state index contributed by atoms with van der Waals surface area (Å²) in [5.74, 6) is 0.722. The standard InChI is InChI=1S/C14H12N4OS.2ClH/c1-9-6-13(19)18-14(17-9)20-8-10-2-3-11-12(7-10)16-5-4-15-11;;/h2-7H,8H2,1H3,(H,17,18,19);2*1H. The van der Waals surface area contributed by atoms with E-state index in [9.17, 15) is 5.11 Å². The summed E-state index contributed by atoms with van der Waals surface area (Å²) in [4.78, 5) is 16.8. The molecule has 1 N–H and O–H groups in total. The van der Waals surface area contributed by atoms with Crippen molar-refractivity contribution >= 4 is 47.6 Å². The number of aromatic nitrogens is 4. The van der Waals surface area contributed by atoms with E-state index in [2.05, 4.69) is 19.9 Å². The van der Waals surface area contributed by atoms with Gasteiger partial charge in [-0.15, -0.1) is 24.8 Å². The number of aryl methyl sites for hydroxylation is 1. The first-order valence-electron chi connectivity index (χ1n) is 6.08. The minimum Gasteiger partial charge on any atom is -0.493 e. The third-order valence-electron chi connectivity index (χ3n) is 2.72. The van der Waals surface area contributed by atoms with Gasteiger partial charge in [0.25, 0.3) is 0 Å². The zero-order chi connectivity index (χ0) is 13.9. The molecule has 8 heteroatoms. The Hall–Kier alpha value is -1.63. The normalized spacial score (nSPS) is 9.86. The quantitative estimate of drug-likeness (QED) is 0.571. The second-order valence-electron chi connectivity index (χ2n) is 4.32. The maximum absolute atomic E-state index is 9.45. The van der Waals surface area contributed by atoms with Gasteiger partial charge < -0.3 is 5.11 Å². The molecular weight excluding hydrogens is 343 g/mol. The monoisotopic (exact) mass is 356 g/mol. The molecular formula is C14H14Cl2N4OS. The van der Waals surface area contributed by atoms with Crippen molar-refractivity contribution in [3.05, 3.63) is 47.9 Å². The molecule has 0 spiro atoms. The van der Waals surface area contributed by atoms with Crippen molar-refractivity contribution in [2.45, 2.75) is 17.8 Å². The molecule has 0 atom stereocenters. The smallest absolute Gasteiger partial charge is 0.215 e. The van der Waals surface area contributed by atoms with E-state index in [1.807, 2.05) is 25.1 Å². The topological polar surface area (TPSA) is 71.8 Å². The van der Waals surface area contributed by atoms with Crippen molar-refractivity contribution in [1.82, 2.24) is 19.9 Å². The van der Waals surface area contributed by atoms with Crippen LogP contribution < -0.4 is 0 Å². The molecule has 5 nitrogen and oxygen atoms in total. The molecule has 1 aromatic carbocycles. The van der Waals surface area contributed by atoms with Crippen LogP contribution in [0.2, 0.25) is 0 Å². The molecule has 0 aliphatic carbocycles.